The Hall–Kier alpha value is -2.67. The molecule has 0 spiro atoms. The topological polar surface area (TPSA) is 71.6 Å². The van der Waals surface area contributed by atoms with E-state index in [-0.39, 0.29) is 16.2 Å². The monoisotopic (exact) mass is 344 g/mol. The van der Waals surface area contributed by atoms with Crippen LogP contribution >= 0.6 is 0 Å². The molecule has 0 aliphatic heterocycles. The van der Waals surface area contributed by atoms with Gasteiger partial charge in [-0.15, -0.1) is 0 Å². The molecule has 2 aromatic rings. The molecule has 0 aliphatic carbocycles. The van der Waals surface area contributed by atoms with E-state index in [1.165, 1.54) is 10.6 Å². The predicted molar refractivity (Wildman–Crippen MR) is 100.0 cm³/mol. The van der Waals surface area contributed by atoms with Gasteiger partial charge < -0.3 is 9.80 Å². The summed E-state index contributed by atoms with van der Waals surface area (Å²) >= 11 is 0. The van der Waals surface area contributed by atoms with E-state index in [4.69, 9.17) is 0 Å². The Morgan fingerprint density at radius 2 is 1.80 bits per heavy atom. The van der Waals surface area contributed by atoms with Crippen LogP contribution in [0.5, 0.6) is 0 Å². The second-order valence-corrected chi connectivity index (χ2v) is 6.48. The maximum absolute atomic E-state index is 12.4. The average molecular weight is 344 g/mol. The van der Waals surface area contributed by atoms with Gasteiger partial charge >= 0.3 is 0 Å². The predicted octanol–water partition coefficient (Wildman–Crippen LogP) is 2.36. The SMILES string of the molecule is Cc1cc([N+](=O)[O-])c(N(C)CCN(C)C)cc1-n1cccc(C)c1=O. The first-order valence-electron chi connectivity index (χ1n) is 8.06. The van der Waals surface area contributed by atoms with Gasteiger partial charge in [-0.2, -0.15) is 0 Å². The Bertz CT molecular complexity index is 843. The summed E-state index contributed by atoms with van der Waals surface area (Å²) in [6.45, 7) is 4.94. The first-order chi connectivity index (χ1) is 11.7. The zero-order valence-corrected chi connectivity index (χ0v) is 15.3. The van der Waals surface area contributed by atoms with Crippen LogP contribution in [0.4, 0.5) is 11.4 Å². The summed E-state index contributed by atoms with van der Waals surface area (Å²) in [7, 11) is 5.73. The Labute approximate surface area is 147 Å². The molecule has 0 unspecified atom stereocenters. The molecule has 0 amide bonds. The van der Waals surface area contributed by atoms with Gasteiger partial charge in [0.25, 0.3) is 11.2 Å². The Balaban J connectivity index is 2.60. The molecule has 0 atom stereocenters. The van der Waals surface area contributed by atoms with Crippen molar-refractivity contribution >= 4 is 11.4 Å². The largest absolute Gasteiger partial charge is 0.368 e. The number of rotatable bonds is 6. The lowest BCUT2D eigenvalue weighted by atomic mass is 10.1. The van der Waals surface area contributed by atoms with Crippen LogP contribution in [0.3, 0.4) is 0 Å². The molecule has 0 saturated heterocycles. The fourth-order valence-corrected chi connectivity index (χ4v) is 2.64. The van der Waals surface area contributed by atoms with Crippen LogP contribution in [-0.4, -0.2) is 48.6 Å². The lowest BCUT2D eigenvalue weighted by molar-refractivity contribution is -0.384. The maximum Gasteiger partial charge on any atom is 0.292 e. The number of nitro groups is 1. The van der Waals surface area contributed by atoms with Crippen LogP contribution in [0.1, 0.15) is 11.1 Å². The van der Waals surface area contributed by atoms with E-state index >= 15 is 0 Å². The summed E-state index contributed by atoms with van der Waals surface area (Å²) in [6.07, 6.45) is 1.69. The summed E-state index contributed by atoms with van der Waals surface area (Å²) in [5, 5.41) is 11.5. The highest BCUT2D eigenvalue weighted by atomic mass is 16.6. The molecule has 1 aromatic carbocycles. The highest BCUT2D eigenvalue weighted by molar-refractivity contribution is 5.69. The number of anilines is 1. The number of aromatic nitrogens is 1. The molecule has 0 N–H and O–H groups in total. The smallest absolute Gasteiger partial charge is 0.292 e. The zero-order valence-electron chi connectivity index (χ0n) is 15.3. The normalized spacial score (nSPS) is 11.0. The van der Waals surface area contributed by atoms with Crippen molar-refractivity contribution in [2.24, 2.45) is 0 Å². The number of likely N-dealkylation sites (N-methyl/N-ethyl adjacent to an activating group) is 2. The Kier molecular flexibility index (Phi) is 5.58. The van der Waals surface area contributed by atoms with E-state index in [1.54, 1.807) is 38.2 Å². The number of nitrogens with zero attached hydrogens (tertiary/aromatic N) is 4. The Morgan fingerprint density at radius 3 is 2.40 bits per heavy atom. The van der Waals surface area contributed by atoms with Gasteiger partial charge in [0, 0.05) is 38.0 Å². The number of benzene rings is 1. The number of hydrogen-bond donors (Lipinski definition) is 0. The van der Waals surface area contributed by atoms with E-state index in [0.717, 1.165) is 6.54 Å². The van der Waals surface area contributed by atoms with Crippen LogP contribution in [0.15, 0.2) is 35.3 Å². The minimum absolute atomic E-state index is 0.0446. The van der Waals surface area contributed by atoms with Crippen LogP contribution < -0.4 is 10.5 Å². The van der Waals surface area contributed by atoms with Crippen molar-refractivity contribution in [2.45, 2.75) is 13.8 Å². The summed E-state index contributed by atoms with van der Waals surface area (Å²) in [6, 6.07) is 6.81. The average Bonchev–Trinajstić information content (AvgIpc) is 2.55. The minimum atomic E-state index is -0.378. The lowest BCUT2D eigenvalue weighted by Crippen LogP contribution is -2.29. The van der Waals surface area contributed by atoms with Gasteiger partial charge in [0.15, 0.2) is 0 Å². The van der Waals surface area contributed by atoms with E-state index in [0.29, 0.717) is 29.0 Å². The second-order valence-electron chi connectivity index (χ2n) is 6.48. The van der Waals surface area contributed by atoms with Crippen LogP contribution in [-0.2, 0) is 0 Å². The summed E-state index contributed by atoms with van der Waals surface area (Å²) < 4.78 is 1.54. The number of hydrogen-bond acceptors (Lipinski definition) is 5. The van der Waals surface area contributed by atoms with E-state index in [9.17, 15) is 14.9 Å². The molecule has 1 aromatic heterocycles. The van der Waals surface area contributed by atoms with Crippen molar-refractivity contribution in [1.29, 1.82) is 0 Å². The third kappa shape index (κ3) is 4.06. The molecular formula is C18H24N4O3. The Morgan fingerprint density at radius 1 is 1.12 bits per heavy atom. The molecule has 0 saturated carbocycles. The summed E-state index contributed by atoms with van der Waals surface area (Å²) in [4.78, 5) is 27.4. The standard InChI is InChI=1S/C18H24N4O3/c1-13-7-6-8-21(18(13)23)15-12-16(20(5)10-9-19(3)4)17(22(24)25)11-14(15)2/h6-8,11-12H,9-10H2,1-5H3. The fraction of sp³-hybridized carbons (Fsp3) is 0.389. The maximum atomic E-state index is 12.4. The van der Waals surface area contributed by atoms with Gasteiger partial charge in [-0.3, -0.25) is 19.5 Å². The first kappa shape index (κ1) is 18.7. The molecule has 0 aliphatic rings. The van der Waals surface area contributed by atoms with Crippen molar-refractivity contribution in [2.75, 3.05) is 39.1 Å². The molecule has 0 radical (unpaired) electrons. The van der Waals surface area contributed by atoms with Gasteiger partial charge in [-0.1, -0.05) is 6.07 Å². The minimum Gasteiger partial charge on any atom is -0.368 e. The van der Waals surface area contributed by atoms with E-state index in [1.807, 2.05) is 30.9 Å². The van der Waals surface area contributed by atoms with Crippen molar-refractivity contribution in [1.82, 2.24) is 9.47 Å². The van der Waals surface area contributed by atoms with Crippen molar-refractivity contribution in [3.05, 3.63) is 62.1 Å². The van der Waals surface area contributed by atoms with Gasteiger partial charge in [-0.25, -0.2) is 0 Å². The van der Waals surface area contributed by atoms with Gasteiger partial charge in [0.05, 0.1) is 10.6 Å². The first-order valence-corrected chi connectivity index (χ1v) is 8.06. The van der Waals surface area contributed by atoms with Crippen molar-refractivity contribution < 1.29 is 4.92 Å². The molecule has 134 valence electrons. The van der Waals surface area contributed by atoms with Crippen molar-refractivity contribution in [3.63, 3.8) is 0 Å². The number of nitro benzene ring substituents is 1. The van der Waals surface area contributed by atoms with E-state index in [2.05, 4.69) is 0 Å². The summed E-state index contributed by atoms with van der Waals surface area (Å²) in [5.74, 6) is 0. The molecule has 1 heterocycles. The van der Waals surface area contributed by atoms with Crippen LogP contribution in [0.25, 0.3) is 5.69 Å². The number of aryl methyl sites for hydroxylation is 2. The molecule has 7 heteroatoms. The fourth-order valence-electron chi connectivity index (χ4n) is 2.64. The van der Waals surface area contributed by atoms with Gasteiger partial charge in [-0.05, 0) is 45.6 Å². The van der Waals surface area contributed by atoms with Crippen LogP contribution in [0, 0.1) is 24.0 Å². The molecule has 2 rings (SSSR count). The van der Waals surface area contributed by atoms with E-state index < -0.39 is 0 Å². The lowest BCUT2D eigenvalue weighted by Gasteiger charge is -2.23. The van der Waals surface area contributed by atoms with Crippen molar-refractivity contribution in [3.8, 4) is 5.69 Å². The molecule has 25 heavy (non-hydrogen) atoms. The third-order valence-electron chi connectivity index (χ3n) is 4.18. The van der Waals surface area contributed by atoms with Gasteiger partial charge in [0.1, 0.15) is 5.69 Å². The molecule has 0 fully saturated rings. The summed E-state index contributed by atoms with van der Waals surface area (Å²) in [5.41, 5.74) is 2.39. The zero-order chi connectivity index (χ0) is 18.7. The third-order valence-corrected chi connectivity index (χ3v) is 4.18. The highest BCUT2D eigenvalue weighted by Gasteiger charge is 2.21. The van der Waals surface area contributed by atoms with Crippen LogP contribution in [0.2, 0.25) is 0 Å². The quantitative estimate of drug-likeness (QED) is 0.594. The highest BCUT2D eigenvalue weighted by Crippen LogP contribution is 2.32. The second kappa shape index (κ2) is 7.48. The van der Waals surface area contributed by atoms with Gasteiger partial charge in [0.2, 0.25) is 0 Å². The molecular weight excluding hydrogens is 320 g/mol. The number of pyridine rings is 1. The molecule has 7 nitrogen and oxygen atoms in total. The molecule has 0 bridgehead atoms.